The first kappa shape index (κ1) is 18.7. The molecule has 0 aliphatic carbocycles. The Kier molecular flexibility index (Phi) is 5.03. The molecule has 4 amide bonds. The number of aromatic amines is 1. The van der Waals surface area contributed by atoms with Crippen molar-refractivity contribution < 1.29 is 14.4 Å². The Hall–Kier alpha value is -3.61. The summed E-state index contributed by atoms with van der Waals surface area (Å²) in [6, 6.07) is 14.1. The van der Waals surface area contributed by atoms with Crippen LogP contribution in [0.3, 0.4) is 0 Å². The maximum atomic E-state index is 12.7. The van der Waals surface area contributed by atoms with Crippen LogP contribution in [-0.2, 0) is 22.4 Å². The van der Waals surface area contributed by atoms with Gasteiger partial charge in [-0.15, -0.1) is 0 Å². The number of aryl methyl sites for hydroxylation is 1. The molecule has 3 N–H and O–H groups in total. The van der Waals surface area contributed by atoms with E-state index >= 15 is 0 Å². The van der Waals surface area contributed by atoms with Gasteiger partial charge in [0.05, 0.1) is 0 Å². The second kappa shape index (κ2) is 7.79. The summed E-state index contributed by atoms with van der Waals surface area (Å²) in [6.07, 6.45) is 3.07. The molecule has 0 bridgehead atoms. The van der Waals surface area contributed by atoms with Gasteiger partial charge >= 0.3 is 6.03 Å². The summed E-state index contributed by atoms with van der Waals surface area (Å²) in [6.45, 7) is 1.72. The number of rotatable bonds is 6. The smallest absolute Gasteiger partial charge is 0.325 e. The van der Waals surface area contributed by atoms with Gasteiger partial charge in [-0.3, -0.25) is 14.5 Å². The van der Waals surface area contributed by atoms with Gasteiger partial charge in [0.25, 0.3) is 5.91 Å². The van der Waals surface area contributed by atoms with Crippen molar-refractivity contribution in [1.29, 1.82) is 0 Å². The third-order valence-corrected chi connectivity index (χ3v) is 5.13. The van der Waals surface area contributed by atoms with Crippen LogP contribution >= 0.6 is 0 Å². The quantitative estimate of drug-likeness (QED) is 0.565. The molecular weight excluding hydrogens is 368 g/mol. The van der Waals surface area contributed by atoms with Gasteiger partial charge in [0.1, 0.15) is 12.6 Å². The zero-order chi connectivity index (χ0) is 20.4. The molecule has 2 aromatic carbocycles. The van der Waals surface area contributed by atoms with E-state index in [2.05, 4.69) is 15.6 Å². The number of aromatic nitrogens is 1. The fourth-order valence-corrected chi connectivity index (χ4v) is 3.60. The molecule has 1 saturated heterocycles. The molecule has 1 aliphatic rings. The molecule has 7 nitrogen and oxygen atoms in total. The minimum Gasteiger partial charge on any atom is -0.361 e. The van der Waals surface area contributed by atoms with Gasteiger partial charge < -0.3 is 15.6 Å². The molecular formula is C22H22N4O3. The highest BCUT2D eigenvalue weighted by atomic mass is 16.2. The highest BCUT2D eigenvalue weighted by molar-refractivity contribution is 6.08. The monoisotopic (exact) mass is 390 g/mol. The number of urea groups is 1. The standard InChI is InChI=1S/C22H22N4O3/c1-2-14-6-5-7-16(10-14)24-20(27)13-26-21(28)19(25-22(26)29)11-15-12-23-18-9-4-3-8-17(15)18/h3-10,12,19,23H,2,11,13H2,1H3,(H,24,27)(H,25,29). The zero-order valence-electron chi connectivity index (χ0n) is 16.1. The average molecular weight is 390 g/mol. The molecule has 148 valence electrons. The lowest BCUT2D eigenvalue weighted by atomic mass is 10.1. The Morgan fingerprint density at radius 1 is 1.14 bits per heavy atom. The van der Waals surface area contributed by atoms with Gasteiger partial charge in [0, 0.05) is 29.2 Å². The first-order valence-corrected chi connectivity index (χ1v) is 9.61. The summed E-state index contributed by atoms with van der Waals surface area (Å²) in [4.78, 5) is 41.5. The fraction of sp³-hybridized carbons (Fsp3) is 0.227. The van der Waals surface area contributed by atoms with Crippen molar-refractivity contribution in [2.24, 2.45) is 0 Å². The van der Waals surface area contributed by atoms with E-state index in [-0.39, 0.29) is 6.54 Å². The number of carbonyl (C=O) groups excluding carboxylic acids is 3. The van der Waals surface area contributed by atoms with E-state index in [9.17, 15) is 14.4 Å². The van der Waals surface area contributed by atoms with Crippen LogP contribution in [0.5, 0.6) is 0 Å². The topological polar surface area (TPSA) is 94.3 Å². The number of benzene rings is 2. The minimum atomic E-state index is -0.682. The maximum absolute atomic E-state index is 12.7. The number of fused-ring (bicyclic) bond motifs is 1. The second-order valence-electron chi connectivity index (χ2n) is 7.09. The van der Waals surface area contributed by atoms with Crippen LogP contribution in [-0.4, -0.2) is 40.3 Å². The lowest BCUT2D eigenvalue weighted by Crippen LogP contribution is -2.38. The zero-order valence-corrected chi connectivity index (χ0v) is 16.1. The van der Waals surface area contributed by atoms with Crippen molar-refractivity contribution in [1.82, 2.24) is 15.2 Å². The third-order valence-electron chi connectivity index (χ3n) is 5.13. The third kappa shape index (κ3) is 3.85. The van der Waals surface area contributed by atoms with Crippen LogP contribution in [0.4, 0.5) is 10.5 Å². The number of nitrogens with zero attached hydrogens (tertiary/aromatic N) is 1. The Balaban J connectivity index is 1.42. The maximum Gasteiger partial charge on any atom is 0.325 e. The van der Waals surface area contributed by atoms with Crippen molar-refractivity contribution in [3.8, 4) is 0 Å². The van der Waals surface area contributed by atoms with E-state index in [0.717, 1.165) is 33.4 Å². The number of imide groups is 1. The average Bonchev–Trinajstić information content (AvgIpc) is 3.24. The largest absolute Gasteiger partial charge is 0.361 e. The van der Waals surface area contributed by atoms with E-state index in [4.69, 9.17) is 0 Å². The molecule has 4 rings (SSSR count). The number of hydrogen-bond donors (Lipinski definition) is 3. The van der Waals surface area contributed by atoms with Crippen molar-refractivity contribution in [2.45, 2.75) is 25.8 Å². The summed E-state index contributed by atoms with van der Waals surface area (Å²) < 4.78 is 0. The van der Waals surface area contributed by atoms with Crippen LogP contribution in [0.25, 0.3) is 10.9 Å². The number of carbonyl (C=O) groups is 3. The van der Waals surface area contributed by atoms with Crippen molar-refractivity contribution in [3.05, 3.63) is 65.9 Å². The fourth-order valence-electron chi connectivity index (χ4n) is 3.60. The molecule has 1 aliphatic heterocycles. The summed E-state index contributed by atoms with van der Waals surface area (Å²) in [5.74, 6) is -0.799. The number of hydrogen-bond acceptors (Lipinski definition) is 3. The minimum absolute atomic E-state index is 0.314. The molecule has 3 aromatic rings. The first-order chi connectivity index (χ1) is 14.0. The summed E-state index contributed by atoms with van der Waals surface area (Å²) in [5.41, 5.74) is 3.67. The van der Waals surface area contributed by atoms with Crippen LogP contribution in [0.2, 0.25) is 0 Å². The van der Waals surface area contributed by atoms with E-state index in [0.29, 0.717) is 12.1 Å². The lowest BCUT2D eigenvalue weighted by molar-refractivity contribution is -0.130. The molecule has 1 atom stereocenters. The van der Waals surface area contributed by atoms with Crippen molar-refractivity contribution in [2.75, 3.05) is 11.9 Å². The number of para-hydroxylation sites is 1. The summed E-state index contributed by atoms with van der Waals surface area (Å²) in [5, 5.41) is 6.45. The highest BCUT2D eigenvalue weighted by Crippen LogP contribution is 2.21. The van der Waals surface area contributed by atoms with Gasteiger partial charge in [-0.25, -0.2) is 4.79 Å². The molecule has 29 heavy (non-hydrogen) atoms. The SMILES string of the molecule is CCc1cccc(NC(=O)CN2C(=O)NC(Cc3c[nH]c4ccccc34)C2=O)c1. The Labute approximate surface area is 168 Å². The van der Waals surface area contributed by atoms with Gasteiger partial charge in [-0.1, -0.05) is 37.3 Å². The van der Waals surface area contributed by atoms with Crippen LogP contribution in [0.15, 0.2) is 54.7 Å². The van der Waals surface area contributed by atoms with E-state index in [1.807, 2.05) is 55.6 Å². The van der Waals surface area contributed by atoms with Gasteiger partial charge in [-0.05, 0) is 35.7 Å². The van der Waals surface area contributed by atoms with Gasteiger partial charge in [0.2, 0.25) is 5.91 Å². The lowest BCUT2D eigenvalue weighted by Gasteiger charge is -2.13. The molecule has 0 radical (unpaired) electrons. The normalized spacial score (nSPS) is 16.3. The van der Waals surface area contributed by atoms with Gasteiger partial charge in [-0.2, -0.15) is 0 Å². The Morgan fingerprint density at radius 3 is 2.79 bits per heavy atom. The molecule has 0 saturated carbocycles. The van der Waals surface area contributed by atoms with E-state index in [1.54, 1.807) is 6.07 Å². The van der Waals surface area contributed by atoms with E-state index < -0.39 is 23.9 Å². The van der Waals surface area contributed by atoms with Crippen molar-refractivity contribution in [3.63, 3.8) is 0 Å². The molecule has 2 heterocycles. The molecule has 0 spiro atoms. The summed E-state index contributed by atoms with van der Waals surface area (Å²) >= 11 is 0. The Bertz CT molecular complexity index is 1090. The number of H-pyrrole nitrogens is 1. The predicted molar refractivity (Wildman–Crippen MR) is 110 cm³/mol. The number of amides is 4. The molecule has 1 unspecified atom stereocenters. The number of anilines is 1. The first-order valence-electron chi connectivity index (χ1n) is 9.61. The molecule has 1 fully saturated rings. The van der Waals surface area contributed by atoms with Crippen molar-refractivity contribution >= 4 is 34.4 Å². The van der Waals surface area contributed by atoms with Crippen LogP contribution in [0.1, 0.15) is 18.1 Å². The summed E-state index contributed by atoms with van der Waals surface area (Å²) in [7, 11) is 0. The number of nitrogens with one attached hydrogen (secondary N) is 3. The predicted octanol–water partition coefficient (Wildman–Crippen LogP) is 2.83. The second-order valence-corrected chi connectivity index (χ2v) is 7.09. The van der Waals surface area contributed by atoms with Crippen LogP contribution < -0.4 is 10.6 Å². The molecule has 7 heteroatoms. The highest BCUT2D eigenvalue weighted by Gasteiger charge is 2.39. The van der Waals surface area contributed by atoms with E-state index in [1.165, 1.54) is 0 Å². The van der Waals surface area contributed by atoms with Crippen LogP contribution in [0, 0.1) is 0 Å². The Morgan fingerprint density at radius 2 is 1.97 bits per heavy atom. The van der Waals surface area contributed by atoms with Gasteiger partial charge in [0.15, 0.2) is 0 Å². The molecule has 1 aromatic heterocycles.